The molecule has 3 heteroatoms. The van der Waals surface area contributed by atoms with Crippen LogP contribution in [0.3, 0.4) is 0 Å². The lowest BCUT2D eigenvalue weighted by Crippen LogP contribution is -2.06. The van der Waals surface area contributed by atoms with Crippen molar-refractivity contribution in [2.45, 2.75) is 35.6 Å². The lowest BCUT2D eigenvalue weighted by atomic mass is 10.1. The molecular weight excluding hydrogens is 269 g/mol. The summed E-state index contributed by atoms with van der Waals surface area (Å²) in [7, 11) is 1.88. The monoisotopic (exact) mass is 287 g/mol. The number of hydrogen-bond acceptors (Lipinski definition) is 2. The van der Waals surface area contributed by atoms with Gasteiger partial charge >= 0.3 is 0 Å². The Bertz CT molecular complexity index is 624. The quantitative estimate of drug-likeness (QED) is 0.905. The highest BCUT2D eigenvalue weighted by Gasteiger charge is 2.12. The SMILES string of the molecule is CNCc1cc(F)ccc1Sc1ccc2c(c1)CCC2. The molecule has 1 N–H and O–H groups in total. The van der Waals surface area contributed by atoms with Crippen molar-refractivity contribution in [3.05, 3.63) is 58.9 Å². The molecule has 2 aromatic rings. The molecule has 0 unspecified atom stereocenters. The molecule has 0 saturated carbocycles. The van der Waals surface area contributed by atoms with Crippen molar-refractivity contribution in [3.63, 3.8) is 0 Å². The van der Waals surface area contributed by atoms with Gasteiger partial charge in [0.15, 0.2) is 0 Å². The van der Waals surface area contributed by atoms with E-state index in [0.29, 0.717) is 6.54 Å². The topological polar surface area (TPSA) is 12.0 Å². The second-order valence-corrected chi connectivity index (χ2v) is 6.28. The molecule has 0 bridgehead atoms. The van der Waals surface area contributed by atoms with Gasteiger partial charge in [0, 0.05) is 16.3 Å². The molecule has 0 aliphatic heterocycles. The minimum Gasteiger partial charge on any atom is -0.316 e. The van der Waals surface area contributed by atoms with E-state index in [4.69, 9.17) is 0 Å². The Morgan fingerprint density at radius 3 is 2.80 bits per heavy atom. The summed E-state index contributed by atoms with van der Waals surface area (Å²) in [6, 6.07) is 11.7. The standard InChI is InChI=1S/C17H18FNS/c1-19-11-14-9-15(18)6-8-17(14)20-16-7-5-12-3-2-4-13(12)10-16/h5-10,19H,2-4,11H2,1H3. The normalized spacial score (nSPS) is 13.5. The molecule has 104 valence electrons. The van der Waals surface area contributed by atoms with Gasteiger partial charge in [-0.2, -0.15) is 0 Å². The zero-order valence-electron chi connectivity index (χ0n) is 11.6. The fourth-order valence-electron chi connectivity index (χ4n) is 2.71. The molecule has 2 aromatic carbocycles. The molecule has 20 heavy (non-hydrogen) atoms. The maximum atomic E-state index is 13.4. The molecule has 0 atom stereocenters. The zero-order valence-corrected chi connectivity index (χ0v) is 12.4. The average molecular weight is 287 g/mol. The second kappa shape index (κ2) is 5.98. The van der Waals surface area contributed by atoms with Crippen molar-refractivity contribution in [3.8, 4) is 0 Å². The summed E-state index contributed by atoms with van der Waals surface area (Å²) in [6.07, 6.45) is 3.67. The molecule has 0 aromatic heterocycles. The van der Waals surface area contributed by atoms with E-state index in [2.05, 4.69) is 23.5 Å². The number of hydrogen-bond donors (Lipinski definition) is 1. The van der Waals surface area contributed by atoms with Gasteiger partial charge in [-0.05, 0) is 73.3 Å². The van der Waals surface area contributed by atoms with E-state index in [1.807, 2.05) is 13.1 Å². The van der Waals surface area contributed by atoms with E-state index in [9.17, 15) is 4.39 Å². The van der Waals surface area contributed by atoms with E-state index in [-0.39, 0.29) is 5.82 Å². The van der Waals surface area contributed by atoms with Gasteiger partial charge in [0.2, 0.25) is 0 Å². The van der Waals surface area contributed by atoms with E-state index < -0.39 is 0 Å². The number of fused-ring (bicyclic) bond motifs is 1. The molecule has 0 heterocycles. The Morgan fingerprint density at radius 2 is 1.95 bits per heavy atom. The summed E-state index contributed by atoms with van der Waals surface area (Å²) in [4.78, 5) is 2.37. The Labute approximate surface area is 123 Å². The predicted molar refractivity (Wildman–Crippen MR) is 81.8 cm³/mol. The summed E-state index contributed by atoms with van der Waals surface area (Å²) in [6.45, 7) is 0.686. The van der Waals surface area contributed by atoms with Crippen LogP contribution in [0.15, 0.2) is 46.2 Å². The summed E-state index contributed by atoms with van der Waals surface area (Å²) in [5.41, 5.74) is 3.98. The minimum atomic E-state index is -0.173. The number of benzene rings is 2. The van der Waals surface area contributed by atoms with Crippen LogP contribution < -0.4 is 5.32 Å². The van der Waals surface area contributed by atoms with E-state index in [1.165, 1.54) is 41.4 Å². The summed E-state index contributed by atoms with van der Waals surface area (Å²) < 4.78 is 13.4. The van der Waals surface area contributed by atoms with Crippen molar-refractivity contribution >= 4 is 11.8 Å². The van der Waals surface area contributed by atoms with Crippen LogP contribution in [0, 0.1) is 5.82 Å². The number of halogens is 1. The highest BCUT2D eigenvalue weighted by Crippen LogP contribution is 2.34. The van der Waals surface area contributed by atoms with Gasteiger partial charge in [-0.25, -0.2) is 4.39 Å². The van der Waals surface area contributed by atoms with Crippen LogP contribution in [0.4, 0.5) is 4.39 Å². The molecule has 0 fully saturated rings. The Morgan fingerprint density at radius 1 is 1.10 bits per heavy atom. The molecule has 0 radical (unpaired) electrons. The van der Waals surface area contributed by atoms with Gasteiger partial charge in [0.25, 0.3) is 0 Å². The zero-order chi connectivity index (χ0) is 13.9. The Hall–Kier alpha value is -1.32. The number of nitrogens with one attached hydrogen (secondary N) is 1. The maximum absolute atomic E-state index is 13.4. The van der Waals surface area contributed by atoms with E-state index >= 15 is 0 Å². The maximum Gasteiger partial charge on any atom is 0.123 e. The highest BCUT2D eigenvalue weighted by atomic mass is 32.2. The lowest BCUT2D eigenvalue weighted by molar-refractivity contribution is 0.621. The van der Waals surface area contributed by atoms with Crippen LogP contribution in [0.25, 0.3) is 0 Å². The van der Waals surface area contributed by atoms with Gasteiger partial charge in [-0.15, -0.1) is 0 Å². The van der Waals surface area contributed by atoms with E-state index in [0.717, 1.165) is 10.5 Å². The summed E-state index contributed by atoms with van der Waals surface area (Å²) >= 11 is 1.72. The molecule has 0 saturated heterocycles. The third-order valence-electron chi connectivity index (χ3n) is 3.69. The molecule has 3 rings (SSSR count). The van der Waals surface area contributed by atoms with Crippen LogP contribution in [0.2, 0.25) is 0 Å². The Kier molecular flexibility index (Phi) is 4.08. The van der Waals surface area contributed by atoms with Crippen molar-refractivity contribution in [2.75, 3.05) is 7.05 Å². The van der Waals surface area contributed by atoms with Crippen molar-refractivity contribution < 1.29 is 4.39 Å². The third-order valence-corrected chi connectivity index (χ3v) is 4.80. The fourth-order valence-corrected chi connectivity index (χ4v) is 3.70. The fraction of sp³-hybridized carbons (Fsp3) is 0.294. The summed E-state index contributed by atoms with van der Waals surface area (Å²) in [5, 5.41) is 3.10. The molecule has 1 aliphatic carbocycles. The minimum absolute atomic E-state index is 0.173. The second-order valence-electron chi connectivity index (χ2n) is 5.17. The van der Waals surface area contributed by atoms with Gasteiger partial charge < -0.3 is 5.32 Å². The molecule has 1 aliphatic rings. The molecule has 0 spiro atoms. The van der Waals surface area contributed by atoms with Gasteiger partial charge in [0.05, 0.1) is 0 Å². The lowest BCUT2D eigenvalue weighted by Gasteiger charge is -2.10. The number of rotatable bonds is 4. The average Bonchev–Trinajstić information content (AvgIpc) is 2.89. The van der Waals surface area contributed by atoms with Crippen LogP contribution >= 0.6 is 11.8 Å². The first kappa shape index (κ1) is 13.7. The highest BCUT2D eigenvalue weighted by molar-refractivity contribution is 7.99. The first-order chi connectivity index (χ1) is 9.76. The first-order valence-corrected chi connectivity index (χ1v) is 7.80. The van der Waals surface area contributed by atoms with Crippen LogP contribution in [0.1, 0.15) is 23.1 Å². The van der Waals surface area contributed by atoms with Crippen LogP contribution in [-0.4, -0.2) is 7.05 Å². The Balaban J connectivity index is 1.87. The van der Waals surface area contributed by atoms with Gasteiger partial charge in [-0.3, -0.25) is 0 Å². The van der Waals surface area contributed by atoms with Crippen molar-refractivity contribution in [2.24, 2.45) is 0 Å². The first-order valence-electron chi connectivity index (χ1n) is 6.99. The smallest absolute Gasteiger partial charge is 0.123 e. The third kappa shape index (κ3) is 2.89. The van der Waals surface area contributed by atoms with E-state index in [1.54, 1.807) is 17.8 Å². The molecule has 1 nitrogen and oxygen atoms in total. The van der Waals surface area contributed by atoms with Crippen molar-refractivity contribution in [1.29, 1.82) is 0 Å². The van der Waals surface area contributed by atoms with Crippen LogP contribution in [-0.2, 0) is 19.4 Å². The van der Waals surface area contributed by atoms with Crippen LogP contribution in [0.5, 0.6) is 0 Å². The van der Waals surface area contributed by atoms with Crippen molar-refractivity contribution in [1.82, 2.24) is 5.32 Å². The van der Waals surface area contributed by atoms with Gasteiger partial charge in [0.1, 0.15) is 5.82 Å². The van der Waals surface area contributed by atoms with Gasteiger partial charge in [-0.1, -0.05) is 17.8 Å². The molecule has 0 amide bonds. The number of aryl methyl sites for hydroxylation is 2. The molecular formula is C17H18FNS. The predicted octanol–water partition coefficient (Wildman–Crippen LogP) is 4.19. The summed E-state index contributed by atoms with van der Waals surface area (Å²) in [5.74, 6) is -0.173. The largest absolute Gasteiger partial charge is 0.316 e.